The maximum absolute atomic E-state index is 10.8. The topological polar surface area (TPSA) is 77.8 Å². The zero-order valence-electron chi connectivity index (χ0n) is 11.8. The zero-order chi connectivity index (χ0) is 15.1. The predicted molar refractivity (Wildman–Crippen MR) is 81.6 cm³/mol. The predicted octanol–water partition coefficient (Wildman–Crippen LogP) is 2.17. The number of amides is 1. The summed E-state index contributed by atoms with van der Waals surface area (Å²) in [5.41, 5.74) is 2.32. The van der Waals surface area contributed by atoms with Gasteiger partial charge in [-0.15, -0.1) is 0 Å². The first-order chi connectivity index (χ1) is 10.2. The van der Waals surface area contributed by atoms with Crippen molar-refractivity contribution in [2.24, 2.45) is 0 Å². The fourth-order valence-electron chi connectivity index (χ4n) is 1.99. The zero-order valence-corrected chi connectivity index (χ0v) is 11.8. The summed E-state index contributed by atoms with van der Waals surface area (Å²) in [6.07, 6.45) is 1.67. The molecule has 1 aromatic carbocycles. The smallest absolute Gasteiger partial charge is 0.216 e. The molecule has 2 rings (SSSR count). The molecule has 1 aromatic heterocycles. The van der Waals surface area contributed by atoms with Crippen LogP contribution in [0.2, 0.25) is 0 Å². The number of pyridine rings is 1. The van der Waals surface area contributed by atoms with Crippen LogP contribution in [-0.4, -0.2) is 24.0 Å². The van der Waals surface area contributed by atoms with Crippen molar-refractivity contribution in [3.63, 3.8) is 0 Å². The van der Waals surface area contributed by atoms with Crippen molar-refractivity contribution in [3.05, 3.63) is 48.2 Å². The second-order valence-corrected chi connectivity index (χ2v) is 4.47. The van der Waals surface area contributed by atoms with Gasteiger partial charge in [-0.1, -0.05) is 30.3 Å². The number of nitriles is 1. The number of rotatable bonds is 5. The Kier molecular flexibility index (Phi) is 4.89. The van der Waals surface area contributed by atoms with E-state index < -0.39 is 0 Å². The lowest BCUT2D eigenvalue weighted by Gasteiger charge is -2.11. The fourth-order valence-corrected chi connectivity index (χ4v) is 1.99. The number of hydrogen-bond acceptors (Lipinski definition) is 4. The molecule has 0 radical (unpaired) electrons. The Bertz CT molecular complexity index is 662. The molecule has 5 nitrogen and oxygen atoms in total. The third kappa shape index (κ3) is 3.80. The van der Waals surface area contributed by atoms with Crippen LogP contribution in [-0.2, 0) is 4.79 Å². The fraction of sp³-hybridized carbons (Fsp3) is 0.188. The van der Waals surface area contributed by atoms with Gasteiger partial charge in [0.25, 0.3) is 0 Å². The lowest BCUT2D eigenvalue weighted by Crippen LogP contribution is -2.26. The molecule has 0 aliphatic heterocycles. The van der Waals surface area contributed by atoms with Gasteiger partial charge in [0.15, 0.2) is 0 Å². The molecule has 0 saturated carbocycles. The molecule has 2 aromatic rings. The average Bonchev–Trinajstić information content (AvgIpc) is 2.52. The third-order valence-corrected chi connectivity index (χ3v) is 2.94. The summed E-state index contributed by atoms with van der Waals surface area (Å²) in [5, 5.41) is 15.2. The molecule has 0 fully saturated rings. The minimum Gasteiger partial charge on any atom is -0.367 e. The van der Waals surface area contributed by atoms with Gasteiger partial charge in [-0.3, -0.25) is 4.79 Å². The van der Waals surface area contributed by atoms with Crippen LogP contribution < -0.4 is 10.6 Å². The summed E-state index contributed by atoms with van der Waals surface area (Å²) in [7, 11) is 0. The van der Waals surface area contributed by atoms with Crippen LogP contribution in [0.3, 0.4) is 0 Å². The standard InChI is InChI=1S/C16H16N4O/c1-12(21)18-9-10-20-16-15(11-17)14(7-8-19-16)13-5-3-2-4-6-13/h2-8H,9-10H2,1H3,(H,18,21)(H,19,20). The van der Waals surface area contributed by atoms with E-state index in [4.69, 9.17) is 0 Å². The average molecular weight is 280 g/mol. The van der Waals surface area contributed by atoms with E-state index in [-0.39, 0.29) is 5.91 Å². The van der Waals surface area contributed by atoms with Crippen LogP contribution in [0.15, 0.2) is 42.6 Å². The summed E-state index contributed by atoms with van der Waals surface area (Å²) < 4.78 is 0. The summed E-state index contributed by atoms with van der Waals surface area (Å²) >= 11 is 0. The van der Waals surface area contributed by atoms with E-state index in [1.165, 1.54) is 6.92 Å². The van der Waals surface area contributed by atoms with Crippen LogP contribution in [0, 0.1) is 11.3 Å². The summed E-state index contributed by atoms with van der Waals surface area (Å²) in [4.78, 5) is 15.0. The quantitative estimate of drug-likeness (QED) is 0.823. The normalized spacial score (nSPS) is 9.71. The number of nitrogens with zero attached hydrogens (tertiary/aromatic N) is 2. The van der Waals surface area contributed by atoms with E-state index in [2.05, 4.69) is 21.7 Å². The van der Waals surface area contributed by atoms with Gasteiger partial charge in [-0.25, -0.2) is 4.98 Å². The van der Waals surface area contributed by atoms with Gasteiger partial charge in [0.2, 0.25) is 5.91 Å². The number of benzene rings is 1. The number of anilines is 1. The molecule has 106 valence electrons. The van der Waals surface area contributed by atoms with Gasteiger partial charge in [-0.2, -0.15) is 5.26 Å². The van der Waals surface area contributed by atoms with Gasteiger partial charge in [0.1, 0.15) is 17.5 Å². The summed E-state index contributed by atoms with van der Waals surface area (Å²) in [6.45, 7) is 2.46. The molecule has 0 spiro atoms. The van der Waals surface area contributed by atoms with E-state index in [0.29, 0.717) is 24.5 Å². The Hall–Kier alpha value is -2.87. The van der Waals surface area contributed by atoms with E-state index in [1.807, 2.05) is 36.4 Å². The van der Waals surface area contributed by atoms with Crippen LogP contribution in [0.4, 0.5) is 5.82 Å². The highest BCUT2D eigenvalue weighted by Crippen LogP contribution is 2.26. The van der Waals surface area contributed by atoms with Gasteiger partial charge in [-0.05, 0) is 11.6 Å². The first kappa shape index (κ1) is 14.5. The molecular weight excluding hydrogens is 264 g/mol. The van der Waals surface area contributed by atoms with E-state index in [1.54, 1.807) is 6.20 Å². The molecule has 0 atom stereocenters. The Morgan fingerprint density at radius 2 is 2.00 bits per heavy atom. The van der Waals surface area contributed by atoms with E-state index in [0.717, 1.165) is 11.1 Å². The lowest BCUT2D eigenvalue weighted by atomic mass is 10.0. The molecule has 0 bridgehead atoms. The molecule has 0 unspecified atom stereocenters. The molecule has 5 heteroatoms. The van der Waals surface area contributed by atoms with E-state index >= 15 is 0 Å². The lowest BCUT2D eigenvalue weighted by molar-refractivity contribution is -0.118. The Balaban J connectivity index is 2.20. The maximum Gasteiger partial charge on any atom is 0.216 e. The number of nitrogens with one attached hydrogen (secondary N) is 2. The third-order valence-electron chi connectivity index (χ3n) is 2.94. The van der Waals surface area contributed by atoms with Crippen LogP contribution in [0.5, 0.6) is 0 Å². The molecule has 0 aliphatic carbocycles. The second kappa shape index (κ2) is 7.06. The number of aromatic nitrogens is 1. The number of hydrogen-bond donors (Lipinski definition) is 2. The Morgan fingerprint density at radius 1 is 1.24 bits per heavy atom. The van der Waals surface area contributed by atoms with Crippen LogP contribution >= 0.6 is 0 Å². The highest BCUT2D eigenvalue weighted by atomic mass is 16.1. The van der Waals surface area contributed by atoms with Crippen molar-refractivity contribution in [1.82, 2.24) is 10.3 Å². The van der Waals surface area contributed by atoms with Crippen molar-refractivity contribution < 1.29 is 4.79 Å². The van der Waals surface area contributed by atoms with Gasteiger partial charge in [0, 0.05) is 31.8 Å². The molecule has 0 aliphatic rings. The Labute approximate surface area is 123 Å². The second-order valence-electron chi connectivity index (χ2n) is 4.47. The first-order valence-corrected chi connectivity index (χ1v) is 6.65. The molecule has 2 N–H and O–H groups in total. The molecule has 1 amide bonds. The SMILES string of the molecule is CC(=O)NCCNc1nccc(-c2ccccc2)c1C#N. The van der Waals surface area contributed by atoms with Gasteiger partial charge >= 0.3 is 0 Å². The molecular formula is C16H16N4O. The highest BCUT2D eigenvalue weighted by molar-refractivity contribution is 5.76. The Morgan fingerprint density at radius 3 is 2.67 bits per heavy atom. The minimum atomic E-state index is -0.0803. The number of carbonyl (C=O) groups is 1. The van der Waals surface area contributed by atoms with Crippen LogP contribution in [0.1, 0.15) is 12.5 Å². The van der Waals surface area contributed by atoms with Crippen LogP contribution in [0.25, 0.3) is 11.1 Å². The van der Waals surface area contributed by atoms with Crippen molar-refractivity contribution in [2.75, 3.05) is 18.4 Å². The number of carbonyl (C=O) groups excluding carboxylic acids is 1. The highest BCUT2D eigenvalue weighted by Gasteiger charge is 2.10. The van der Waals surface area contributed by atoms with Crippen molar-refractivity contribution >= 4 is 11.7 Å². The molecule has 21 heavy (non-hydrogen) atoms. The van der Waals surface area contributed by atoms with E-state index in [9.17, 15) is 10.1 Å². The monoisotopic (exact) mass is 280 g/mol. The van der Waals surface area contributed by atoms with Crippen molar-refractivity contribution in [1.29, 1.82) is 5.26 Å². The molecule has 1 heterocycles. The van der Waals surface area contributed by atoms with Gasteiger partial charge in [0.05, 0.1) is 0 Å². The summed E-state index contributed by atoms with van der Waals surface area (Å²) in [5.74, 6) is 0.451. The minimum absolute atomic E-state index is 0.0803. The van der Waals surface area contributed by atoms with Crippen molar-refractivity contribution in [3.8, 4) is 17.2 Å². The first-order valence-electron chi connectivity index (χ1n) is 6.65. The maximum atomic E-state index is 10.8. The van der Waals surface area contributed by atoms with Crippen molar-refractivity contribution in [2.45, 2.75) is 6.92 Å². The molecule has 0 saturated heterocycles. The summed E-state index contributed by atoms with van der Waals surface area (Å²) in [6, 6.07) is 13.7. The van der Waals surface area contributed by atoms with Gasteiger partial charge < -0.3 is 10.6 Å². The largest absolute Gasteiger partial charge is 0.367 e.